The maximum atomic E-state index is 13.1. The van der Waals surface area contributed by atoms with E-state index in [0.29, 0.717) is 12.0 Å². The molecule has 25 heavy (non-hydrogen) atoms. The topological polar surface area (TPSA) is 76.9 Å². The number of nitrogens with zero attached hydrogens (tertiary/aromatic N) is 1. The molecule has 0 saturated carbocycles. The molecule has 1 aromatic rings. The van der Waals surface area contributed by atoms with Gasteiger partial charge in [0, 0.05) is 35.6 Å². The number of benzene rings is 1. The van der Waals surface area contributed by atoms with Gasteiger partial charge in [0.15, 0.2) is 5.78 Å². The van der Waals surface area contributed by atoms with Crippen molar-refractivity contribution in [2.45, 2.75) is 51.7 Å². The molecule has 1 saturated heterocycles. The van der Waals surface area contributed by atoms with E-state index in [9.17, 15) is 10.1 Å². The van der Waals surface area contributed by atoms with Crippen molar-refractivity contribution >= 4 is 5.78 Å². The van der Waals surface area contributed by atoms with E-state index < -0.39 is 0 Å². The summed E-state index contributed by atoms with van der Waals surface area (Å²) in [5.74, 6) is 0.470. The number of hydrazine groups is 1. The summed E-state index contributed by atoms with van der Waals surface area (Å²) < 4.78 is 0. The Morgan fingerprint density at radius 1 is 1.24 bits per heavy atom. The number of ketones is 1. The van der Waals surface area contributed by atoms with Crippen LogP contribution in [-0.2, 0) is 4.79 Å². The van der Waals surface area contributed by atoms with E-state index in [0.717, 1.165) is 23.3 Å². The first-order chi connectivity index (χ1) is 11.9. The first-order valence-corrected chi connectivity index (χ1v) is 8.93. The monoisotopic (exact) mass is 336 g/mol. The van der Waals surface area contributed by atoms with Gasteiger partial charge >= 0.3 is 0 Å². The van der Waals surface area contributed by atoms with Crippen LogP contribution in [0.4, 0.5) is 0 Å². The van der Waals surface area contributed by atoms with Crippen molar-refractivity contribution in [1.29, 1.82) is 5.26 Å². The Balaban J connectivity index is 1.87. The van der Waals surface area contributed by atoms with Crippen LogP contribution in [-0.4, -0.2) is 18.0 Å². The van der Waals surface area contributed by atoms with Gasteiger partial charge in [-0.15, -0.1) is 0 Å². The second kappa shape index (κ2) is 5.69. The molecule has 2 heterocycles. The molecule has 5 nitrogen and oxygen atoms in total. The Morgan fingerprint density at radius 3 is 2.80 bits per heavy atom. The third-order valence-corrected chi connectivity index (χ3v) is 5.75. The average Bonchev–Trinajstić information content (AvgIpc) is 2.92. The van der Waals surface area contributed by atoms with Crippen molar-refractivity contribution in [3.8, 4) is 6.07 Å². The van der Waals surface area contributed by atoms with Crippen LogP contribution >= 0.6 is 0 Å². The quantitative estimate of drug-likeness (QED) is 0.734. The number of allylic oxidation sites excluding steroid dienone is 2. The molecule has 0 spiro atoms. The van der Waals surface area contributed by atoms with Gasteiger partial charge in [0.2, 0.25) is 0 Å². The van der Waals surface area contributed by atoms with E-state index in [1.54, 1.807) is 0 Å². The number of hydrogen-bond acceptors (Lipinski definition) is 5. The summed E-state index contributed by atoms with van der Waals surface area (Å²) in [6.45, 7) is 6.44. The van der Waals surface area contributed by atoms with Crippen molar-refractivity contribution in [2.24, 2.45) is 11.3 Å². The maximum absolute atomic E-state index is 13.1. The summed E-state index contributed by atoms with van der Waals surface area (Å²) in [6, 6.07) is 10.2. The van der Waals surface area contributed by atoms with Crippen molar-refractivity contribution in [3.05, 3.63) is 46.7 Å². The standard InChI is InChI=1S/C20H24N4O/c1-11-16-17(13-6-4-5-12(7-13)10-21)18-14(22-19(16)24-23-11)8-20(2,3)9-15(18)25/h4-7,11,16-17,19,22-24H,8-9H2,1-3H3. The minimum atomic E-state index is -0.0214. The second-order valence-corrected chi connectivity index (χ2v) is 8.32. The number of Topliss-reactive ketones (excluding diaryl/α,β-unsaturated/α-hetero) is 1. The smallest absolute Gasteiger partial charge is 0.161 e. The average molecular weight is 336 g/mol. The number of carbonyl (C=O) groups is 1. The molecule has 4 atom stereocenters. The summed E-state index contributed by atoms with van der Waals surface area (Å²) >= 11 is 0. The highest BCUT2D eigenvalue weighted by atomic mass is 16.1. The van der Waals surface area contributed by atoms with Gasteiger partial charge < -0.3 is 5.32 Å². The van der Waals surface area contributed by atoms with Crippen molar-refractivity contribution in [2.75, 3.05) is 0 Å². The van der Waals surface area contributed by atoms with Crippen LogP contribution in [0, 0.1) is 22.7 Å². The van der Waals surface area contributed by atoms with E-state index in [1.165, 1.54) is 0 Å². The lowest BCUT2D eigenvalue weighted by Gasteiger charge is -2.44. The molecular weight excluding hydrogens is 312 g/mol. The SMILES string of the molecule is CC1NNC2NC3=C(C(=O)CC(C)(C)C3)C(c3cccc(C#N)c3)C12. The highest BCUT2D eigenvalue weighted by Gasteiger charge is 2.49. The molecule has 130 valence electrons. The van der Waals surface area contributed by atoms with Crippen molar-refractivity contribution in [3.63, 3.8) is 0 Å². The Hall–Kier alpha value is -2.16. The maximum Gasteiger partial charge on any atom is 0.161 e. The number of carbonyl (C=O) groups excluding carboxylic acids is 1. The van der Waals surface area contributed by atoms with Gasteiger partial charge in [-0.3, -0.25) is 10.2 Å². The Morgan fingerprint density at radius 2 is 2.04 bits per heavy atom. The fraction of sp³-hybridized carbons (Fsp3) is 0.500. The van der Waals surface area contributed by atoms with Crippen LogP contribution in [0.3, 0.4) is 0 Å². The molecule has 5 heteroatoms. The van der Waals surface area contributed by atoms with Gasteiger partial charge in [0.05, 0.1) is 17.8 Å². The summed E-state index contributed by atoms with van der Waals surface area (Å²) in [5.41, 5.74) is 10.3. The molecule has 4 unspecified atom stereocenters. The van der Waals surface area contributed by atoms with Crippen LogP contribution < -0.4 is 16.2 Å². The first kappa shape index (κ1) is 16.3. The van der Waals surface area contributed by atoms with E-state index in [-0.39, 0.29) is 35.2 Å². The molecule has 1 aromatic carbocycles. The zero-order chi connectivity index (χ0) is 17.8. The molecule has 0 amide bonds. The second-order valence-electron chi connectivity index (χ2n) is 8.32. The van der Waals surface area contributed by atoms with Crippen LogP contribution in [0.2, 0.25) is 0 Å². The molecule has 0 aromatic heterocycles. The first-order valence-electron chi connectivity index (χ1n) is 8.93. The third-order valence-electron chi connectivity index (χ3n) is 5.75. The largest absolute Gasteiger partial charge is 0.371 e. The minimum absolute atomic E-state index is 0.00986. The number of hydrogen-bond donors (Lipinski definition) is 3. The number of nitrogens with one attached hydrogen (secondary N) is 3. The van der Waals surface area contributed by atoms with Crippen LogP contribution in [0.1, 0.15) is 50.7 Å². The Bertz CT molecular complexity index is 804. The highest BCUT2D eigenvalue weighted by molar-refractivity contribution is 5.99. The summed E-state index contributed by atoms with van der Waals surface area (Å²) in [5, 5.41) is 12.9. The summed E-state index contributed by atoms with van der Waals surface area (Å²) in [6.07, 6.45) is 1.54. The summed E-state index contributed by atoms with van der Waals surface area (Å²) in [7, 11) is 0. The van der Waals surface area contributed by atoms with Gasteiger partial charge in [0.25, 0.3) is 0 Å². The number of nitriles is 1. The van der Waals surface area contributed by atoms with Gasteiger partial charge in [-0.25, -0.2) is 5.43 Å². The van der Waals surface area contributed by atoms with Gasteiger partial charge in [0.1, 0.15) is 0 Å². The van der Waals surface area contributed by atoms with E-state index >= 15 is 0 Å². The molecule has 0 bridgehead atoms. The summed E-state index contributed by atoms with van der Waals surface area (Å²) in [4.78, 5) is 13.1. The zero-order valence-corrected chi connectivity index (χ0v) is 14.9. The van der Waals surface area contributed by atoms with E-state index in [2.05, 4.69) is 49.1 Å². The number of fused-ring (bicyclic) bond motifs is 1. The molecule has 3 N–H and O–H groups in total. The predicted molar refractivity (Wildman–Crippen MR) is 95.1 cm³/mol. The fourth-order valence-electron chi connectivity index (χ4n) is 4.71. The van der Waals surface area contributed by atoms with Crippen molar-refractivity contribution in [1.82, 2.24) is 16.2 Å². The van der Waals surface area contributed by atoms with Gasteiger partial charge in [-0.2, -0.15) is 5.26 Å². The molecule has 4 rings (SSSR count). The highest BCUT2D eigenvalue weighted by Crippen LogP contribution is 2.48. The van der Waals surface area contributed by atoms with Crippen LogP contribution in [0.25, 0.3) is 0 Å². The van der Waals surface area contributed by atoms with E-state index in [1.807, 2.05) is 18.2 Å². The minimum Gasteiger partial charge on any atom is -0.371 e. The molecule has 3 aliphatic rings. The molecule has 2 aliphatic heterocycles. The fourth-order valence-corrected chi connectivity index (χ4v) is 4.71. The van der Waals surface area contributed by atoms with Crippen molar-refractivity contribution < 1.29 is 4.79 Å². The van der Waals surface area contributed by atoms with Crippen LogP contribution in [0.5, 0.6) is 0 Å². The lowest BCUT2D eigenvalue weighted by molar-refractivity contribution is -0.118. The molecular formula is C20H24N4O. The van der Waals surface area contributed by atoms with Gasteiger partial charge in [-0.1, -0.05) is 26.0 Å². The Labute approximate surface area is 148 Å². The zero-order valence-electron chi connectivity index (χ0n) is 14.9. The Kier molecular flexibility index (Phi) is 3.71. The molecule has 1 fully saturated rings. The number of rotatable bonds is 1. The van der Waals surface area contributed by atoms with E-state index in [4.69, 9.17) is 0 Å². The van der Waals surface area contributed by atoms with Crippen LogP contribution in [0.15, 0.2) is 35.5 Å². The molecule has 0 radical (unpaired) electrons. The molecule has 1 aliphatic carbocycles. The van der Waals surface area contributed by atoms with Gasteiger partial charge in [-0.05, 0) is 36.5 Å². The normalized spacial score (nSPS) is 33.3. The lowest BCUT2D eigenvalue weighted by atomic mass is 9.65. The lowest BCUT2D eigenvalue weighted by Crippen LogP contribution is -2.52. The predicted octanol–water partition coefficient (Wildman–Crippen LogP) is 2.33. The third kappa shape index (κ3) is 2.66.